The number of benzene rings is 1. The van der Waals surface area contributed by atoms with Crippen LogP contribution in [-0.2, 0) is 17.5 Å². The van der Waals surface area contributed by atoms with E-state index < -0.39 is 11.7 Å². The molecule has 0 saturated carbocycles. The number of aromatic nitrogens is 2. The normalized spacial score (nSPS) is 11.9. The molecule has 2 N–H and O–H groups in total. The van der Waals surface area contributed by atoms with Crippen LogP contribution in [0.3, 0.4) is 0 Å². The number of alkyl halides is 3. The van der Waals surface area contributed by atoms with Crippen molar-refractivity contribution in [2.24, 2.45) is 0 Å². The van der Waals surface area contributed by atoms with Crippen molar-refractivity contribution in [3.05, 3.63) is 39.5 Å². The van der Waals surface area contributed by atoms with E-state index in [1.807, 2.05) is 0 Å². The number of hydrogen-bond acceptors (Lipinski definition) is 3. The molecule has 0 atom stereocenters. The van der Waals surface area contributed by atoms with Gasteiger partial charge in [-0.25, -0.2) is 4.68 Å². The van der Waals surface area contributed by atoms with Gasteiger partial charge in [0, 0.05) is 13.2 Å². The Labute approximate surface area is 128 Å². The number of hydrogen-bond donors (Lipinski definition) is 1. The quantitative estimate of drug-likeness (QED) is 0.921. The monoisotopic (exact) mass is 339 g/mol. The van der Waals surface area contributed by atoms with Crippen LogP contribution < -0.4 is 5.73 Å². The van der Waals surface area contributed by atoms with Crippen LogP contribution in [0.1, 0.15) is 11.3 Å². The second kappa shape index (κ2) is 5.75. The third kappa shape index (κ3) is 3.25. The van der Waals surface area contributed by atoms with E-state index in [9.17, 15) is 13.2 Å². The highest BCUT2D eigenvalue weighted by Crippen LogP contribution is 2.38. The highest BCUT2D eigenvalue weighted by Gasteiger charge is 2.32. The molecule has 0 spiro atoms. The van der Waals surface area contributed by atoms with Gasteiger partial charge < -0.3 is 10.5 Å². The van der Waals surface area contributed by atoms with Crippen molar-refractivity contribution in [1.29, 1.82) is 0 Å². The SMILES string of the molecule is COCc1cc(N)n(-c2c(Cl)cc(C(F)(F)F)cc2Cl)n1. The summed E-state index contributed by atoms with van der Waals surface area (Å²) in [5.41, 5.74) is 5.42. The van der Waals surface area contributed by atoms with E-state index >= 15 is 0 Å². The Kier molecular flexibility index (Phi) is 4.36. The number of anilines is 1. The molecule has 1 aromatic carbocycles. The molecule has 0 amide bonds. The van der Waals surface area contributed by atoms with E-state index in [0.717, 1.165) is 12.1 Å². The van der Waals surface area contributed by atoms with Crippen molar-refractivity contribution in [3.8, 4) is 5.69 Å². The summed E-state index contributed by atoms with van der Waals surface area (Å²) < 4.78 is 44.1. The molecule has 0 aliphatic carbocycles. The Morgan fingerprint density at radius 1 is 1.24 bits per heavy atom. The van der Waals surface area contributed by atoms with E-state index in [2.05, 4.69) is 5.10 Å². The molecule has 114 valence electrons. The van der Waals surface area contributed by atoms with E-state index in [4.69, 9.17) is 33.7 Å². The smallest absolute Gasteiger partial charge is 0.384 e. The lowest BCUT2D eigenvalue weighted by atomic mass is 10.2. The van der Waals surface area contributed by atoms with E-state index in [1.54, 1.807) is 0 Å². The maximum Gasteiger partial charge on any atom is 0.416 e. The molecule has 0 bridgehead atoms. The first kappa shape index (κ1) is 15.9. The molecular formula is C12H10Cl2F3N3O. The summed E-state index contributed by atoms with van der Waals surface area (Å²) in [6.45, 7) is 0.201. The van der Waals surface area contributed by atoms with Crippen molar-refractivity contribution in [2.45, 2.75) is 12.8 Å². The fourth-order valence-electron chi connectivity index (χ4n) is 1.78. The zero-order valence-electron chi connectivity index (χ0n) is 10.7. The van der Waals surface area contributed by atoms with Crippen LogP contribution in [-0.4, -0.2) is 16.9 Å². The molecule has 9 heteroatoms. The number of methoxy groups -OCH3 is 1. The lowest BCUT2D eigenvalue weighted by Gasteiger charge is -2.13. The minimum Gasteiger partial charge on any atom is -0.384 e. The lowest BCUT2D eigenvalue weighted by molar-refractivity contribution is -0.137. The molecule has 0 fully saturated rings. The Morgan fingerprint density at radius 2 is 1.81 bits per heavy atom. The molecule has 0 saturated heterocycles. The number of halogens is 5. The molecule has 0 radical (unpaired) electrons. The molecule has 0 unspecified atom stereocenters. The summed E-state index contributed by atoms with van der Waals surface area (Å²) in [5.74, 6) is 0.186. The second-order valence-electron chi connectivity index (χ2n) is 4.19. The highest BCUT2D eigenvalue weighted by atomic mass is 35.5. The molecule has 2 rings (SSSR count). The van der Waals surface area contributed by atoms with Crippen molar-refractivity contribution in [3.63, 3.8) is 0 Å². The first-order valence-corrected chi connectivity index (χ1v) is 6.39. The summed E-state index contributed by atoms with van der Waals surface area (Å²) in [7, 11) is 1.48. The predicted octanol–water partition coefficient (Wildman–Crippen LogP) is 3.93. The number of nitrogens with zero attached hydrogens (tertiary/aromatic N) is 2. The molecule has 2 aromatic rings. The zero-order chi connectivity index (χ0) is 15.8. The zero-order valence-corrected chi connectivity index (χ0v) is 12.2. The van der Waals surface area contributed by atoms with Gasteiger partial charge in [-0.15, -0.1) is 0 Å². The summed E-state index contributed by atoms with van der Waals surface area (Å²) in [6.07, 6.45) is -4.54. The summed E-state index contributed by atoms with van der Waals surface area (Å²) in [5, 5.41) is 3.70. The van der Waals surface area contributed by atoms with Crippen LogP contribution in [0.2, 0.25) is 10.0 Å². The minimum absolute atomic E-state index is 0.0891. The Balaban J connectivity index is 2.55. The van der Waals surface area contributed by atoms with Crippen LogP contribution in [0.15, 0.2) is 18.2 Å². The first-order chi connectivity index (χ1) is 9.74. The maximum absolute atomic E-state index is 12.7. The van der Waals surface area contributed by atoms with Crippen LogP contribution >= 0.6 is 23.2 Å². The van der Waals surface area contributed by atoms with Crippen molar-refractivity contribution >= 4 is 29.0 Å². The van der Waals surface area contributed by atoms with E-state index in [0.29, 0.717) is 5.69 Å². The van der Waals surface area contributed by atoms with Crippen LogP contribution in [0.5, 0.6) is 0 Å². The van der Waals surface area contributed by atoms with Crippen LogP contribution in [0.25, 0.3) is 5.69 Å². The third-order valence-electron chi connectivity index (χ3n) is 2.64. The number of nitrogens with two attached hydrogens (primary N) is 1. The molecular weight excluding hydrogens is 330 g/mol. The fraction of sp³-hybridized carbons (Fsp3) is 0.250. The van der Waals surface area contributed by atoms with Gasteiger partial charge in [0.1, 0.15) is 11.5 Å². The van der Waals surface area contributed by atoms with Gasteiger partial charge in [0.15, 0.2) is 0 Å². The van der Waals surface area contributed by atoms with Crippen molar-refractivity contribution < 1.29 is 17.9 Å². The van der Waals surface area contributed by atoms with Crippen molar-refractivity contribution in [1.82, 2.24) is 9.78 Å². The second-order valence-corrected chi connectivity index (χ2v) is 5.01. The topological polar surface area (TPSA) is 53.1 Å². The standard InChI is InChI=1S/C12H10Cl2F3N3O/c1-21-5-7-4-10(18)20(19-7)11-8(13)2-6(3-9(11)14)12(15,16)17/h2-4H,5,18H2,1H3. The average molecular weight is 340 g/mol. The van der Waals surface area contributed by atoms with Gasteiger partial charge in [0.25, 0.3) is 0 Å². The molecule has 21 heavy (non-hydrogen) atoms. The highest BCUT2D eigenvalue weighted by molar-refractivity contribution is 6.37. The third-order valence-corrected chi connectivity index (χ3v) is 3.21. The maximum atomic E-state index is 12.7. The van der Waals surface area contributed by atoms with Gasteiger partial charge in [0.2, 0.25) is 0 Å². The largest absolute Gasteiger partial charge is 0.416 e. The predicted molar refractivity (Wildman–Crippen MR) is 73.7 cm³/mol. The molecule has 0 aliphatic rings. The van der Waals surface area contributed by atoms with Crippen LogP contribution in [0, 0.1) is 0 Å². The Hall–Kier alpha value is -1.44. The van der Waals surface area contributed by atoms with Gasteiger partial charge >= 0.3 is 6.18 Å². The number of ether oxygens (including phenoxy) is 1. The summed E-state index contributed by atoms with van der Waals surface area (Å²) in [6, 6.07) is 3.08. The van der Waals surface area contributed by atoms with Gasteiger partial charge in [-0.1, -0.05) is 23.2 Å². The number of nitrogen functional groups attached to an aromatic ring is 1. The molecule has 1 heterocycles. The van der Waals surface area contributed by atoms with Gasteiger partial charge in [-0.2, -0.15) is 18.3 Å². The fourth-order valence-corrected chi connectivity index (χ4v) is 2.42. The van der Waals surface area contributed by atoms with Crippen molar-refractivity contribution in [2.75, 3.05) is 12.8 Å². The Bertz CT molecular complexity index is 647. The van der Waals surface area contributed by atoms with E-state index in [1.165, 1.54) is 17.9 Å². The van der Waals surface area contributed by atoms with E-state index in [-0.39, 0.29) is 28.2 Å². The molecule has 4 nitrogen and oxygen atoms in total. The summed E-state index contributed by atoms with van der Waals surface area (Å²) >= 11 is 11.8. The van der Waals surface area contributed by atoms with Crippen LogP contribution in [0.4, 0.5) is 19.0 Å². The molecule has 1 aromatic heterocycles. The van der Waals surface area contributed by atoms with Gasteiger partial charge in [0.05, 0.1) is 27.9 Å². The lowest BCUT2D eigenvalue weighted by Crippen LogP contribution is -2.08. The van der Waals surface area contributed by atoms with Gasteiger partial charge in [-0.05, 0) is 12.1 Å². The van der Waals surface area contributed by atoms with Gasteiger partial charge in [-0.3, -0.25) is 0 Å². The molecule has 0 aliphatic heterocycles. The minimum atomic E-state index is -4.54. The first-order valence-electron chi connectivity index (χ1n) is 5.64. The number of rotatable bonds is 3. The summed E-state index contributed by atoms with van der Waals surface area (Å²) in [4.78, 5) is 0. The Morgan fingerprint density at radius 3 is 2.29 bits per heavy atom. The average Bonchev–Trinajstić information content (AvgIpc) is 2.69.